The van der Waals surface area contributed by atoms with Gasteiger partial charge in [-0.1, -0.05) is 42.1 Å². The molecule has 0 radical (unpaired) electrons. The maximum atomic E-state index is 13.0. The second-order valence-corrected chi connectivity index (χ2v) is 10.0. The Bertz CT molecular complexity index is 730. The van der Waals surface area contributed by atoms with Crippen LogP contribution < -0.4 is 5.32 Å². The third-order valence-electron chi connectivity index (χ3n) is 5.43. The van der Waals surface area contributed by atoms with Crippen molar-refractivity contribution in [3.05, 3.63) is 33.8 Å². The predicted molar refractivity (Wildman–Crippen MR) is 96.3 cm³/mol. The van der Waals surface area contributed by atoms with E-state index in [2.05, 4.69) is 5.32 Å². The molecule has 1 aliphatic carbocycles. The van der Waals surface area contributed by atoms with Gasteiger partial charge in [-0.2, -0.15) is 0 Å². The Balaban J connectivity index is 2.02. The number of carbonyl (C=O) groups is 1. The Morgan fingerprint density at radius 3 is 2.62 bits per heavy atom. The zero-order valence-electron chi connectivity index (χ0n) is 13.4. The van der Waals surface area contributed by atoms with Gasteiger partial charge < -0.3 is 5.32 Å². The van der Waals surface area contributed by atoms with Crippen molar-refractivity contribution >= 4 is 38.9 Å². The number of hydrogen-bond donors (Lipinski definition) is 1. The van der Waals surface area contributed by atoms with Crippen LogP contribution in [0.2, 0.25) is 10.0 Å². The van der Waals surface area contributed by atoms with Crippen molar-refractivity contribution in [2.24, 2.45) is 5.92 Å². The first kappa shape index (κ1) is 18.0. The summed E-state index contributed by atoms with van der Waals surface area (Å²) in [5.41, 5.74) is 0.784. The third kappa shape index (κ3) is 3.18. The number of hydrogen-bond acceptors (Lipinski definition) is 3. The minimum Gasteiger partial charge on any atom is -0.355 e. The average molecular weight is 390 g/mol. The minimum absolute atomic E-state index is 0.00545. The fourth-order valence-electron chi connectivity index (χ4n) is 4.16. The predicted octanol–water partition coefficient (Wildman–Crippen LogP) is 3.40. The van der Waals surface area contributed by atoms with Crippen LogP contribution in [0.1, 0.15) is 37.7 Å². The molecule has 1 aromatic carbocycles. The van der Waals surface area contributed by atoms with Gasteiger partial charge in [0.1, 0.15) is 0 Å². The van der Waals surface area contributed by atoms with Crippen molar-refractivity contribution in [1.82, 2.24) is 5.32 Å². The summed E-state index contributed by atoms with van der Waals surface area (Å²) in [5, 5.41) is 3.82. The summed E-state index contributed by atoms with van der Waals surface area (Å²) in [7, 11) is -3.38. The minimum atomic E-state index is -3.38. The number of sulfone groups is 1. The van der Waals surface area contributed by atoms with Crippen LogP contribution in [0.25, 0.3) is 0 Å². The molecule has 1 aromatic rings. The Hall–Kier alpha value is -0.780. The number of rotatable bonds is 2. The van der Waals surface area contributed by atoms with Crippen molar-refractivity contribution < 1.29 is 13.2 Å². The van der Waals surface area contributed by atoms with E-state index in [1.165, 1.54) is 0 Å². The summed E-state index contributed by atoms with van der Waals surface area (Å²) in [5.74, 6) is -0.309. The maximum absolute atomic E-state index is 13.0. The zero-order chi connectivity index (χ0) is 17.4. The number of amides is 1. The van der Waals surface area contributed by atoms with Gasteiger partial charge in [-0.25, -0.2) is 8.42 Å². The van der Waals surface area contributed by atoms with Gasteiger partial charge in [0, 0.05) is 23.0 Å². The van der Waals surface area contributed by atoms with Crippen LogP contribution in [0.3, 0.4) is 0 Å². The standard InChI is InChI=1S/C17H21Cl2NO3S/c18-14-5-3-6-15(19)13(14)10-12-4-1-2-7-17(12)11-16(21)20-8-9-24(17,22)23/h3,5-6,12H,1-2,4,7-11H2,(H,20,21). The molecule has 1 heterocycles. The smallest absolute Gasteiger partial charge is 0.221 e. The maximum Gasteiger partial charge on any atom is 0.221 e. The van der Waals surface area contributed by atoms with Gasteiger partial charge in [0.15, 0.2) is 9.84 Å². The number of halogens is 2. The molecule has 0 bridgehead atoms. The van der Waals surface area contributed by atoms with Gasteiger partial charge >= 0.3 is 0 Å². The SMILES string of the molecule is O=C1CC2(CCCCC2Cc2c(Cl)cccc2Cl)S(=O)(=O)CCN1. The summed E-state index contributed by atoms with van der Waals surface area (Å²) in [6, 6.07) is 5.32. The van der Waals surface area contributed by atoms with E-state index in [-0.39, 0.29) is 30.5 Å². The first-order valence-electron chi connectivity index (χ1n) is 8.28. The molecule has 1 saturated heterocycles. The highest BCUT2D eigenvalue weighted by atomic mass is 35.5. The number of carbonyl (C=O) groups excluding carboxylic acids is 1. The van der Waals surface area contributed by atoms with Crippen molar-refractivity contribution in [3.63, 3.8) is 0 Å². The summed E-state index contributed by atoms with van der Waals surface area (Å²) in [6.45, 7) is 0.197. The van der Waals surface area contributed by atoms with Crippen LogP contribution in [0.5, 0.6) is 0 Å². The van der Waals surface area contributed by atoms with E-state index >= 15 is 0 Å². The van der Waals surface area contributed by atoms with E-state index in [9.17, 15) is 13.2 Å². The highest BCUT2D eigenvalue weighted by molar-refractivity contribution is 7.92. The molecular formula is C17H21Cl2NO3S. The molecule has 7 heteroatoms. The van der Waals surface area contributed by atoms with E-state index < -0.39 is 14.6 Å². The molecule has 1 spiro atoms. The molecule has 0 aromatic heterocycles. The Labute approximate surface area is 152 Å². The molecule has 1 saturated carbocycles. The Kier molecular flexibility index (Phi) is 5.14. The van der Waals surface area contributed by atoms with Crippen molar-refractivity contribution in [1.29, 1.82) is 0 Å². The molecule has 24 heavy (non-hydrogen) atoms. The van der Waals surface area contributed by atoms with E-state index in [1.54, 1.807) is 18.2 Å². The molecule has 2 unspecified atom stereocenters. The van der Waals surface area contributed by atoms with Crippen LogP contribution >= 0.6 is 23.2 Å². The summed E-state index contributed by atoms with van der Waals surface area (Å²) in [4.78, 5) is 12.1. The normalized spacial score (nSPS) is 29.9. The first-order chi connectivity index (χ1) is 11.4. The number of benzene rings is 1. The van der Waals surface area contributed by atoms with Crippen LogP contribution in [-0.4, -0.2) is 31.4 Å². The lowest BCUT2D eigenvalue weighted by Crippen LogP contribution is -2.50. The molecule has 1 amide bonds. The van der Waals surface area contributed by atoms with E-state index in [1.807, 2.05) is 0 Å². The molecule has 2 atom stereocenters. The first-order valence-corrected chi connectivity index (χ1v) is 10.7. The quantitative estimate of drug-likeness (QED) is 0.842. The lowest BCUT2D eigenvalue weighted by atomic mass is 9.73. The fraction of sp³-hybridized carbons (Fsp3) is 0.588. The van der Waals surface area contributed by atoms with Crippen LogP contribution in [-0.2, 0) is 21.1 Å². The molecule has 2 fully saturated rings. The van der Waals surface area contributed by atoms with Crippen LogP contribution in [0, 0.1) is 5.92 Å². The van der Waals surface area contributed by atoms with E-state index in [4.69, 9.17) is 23.2 Å². The lowest BCUT2D eigenvalue weighted by Gasteiger charge is -2.42. The van der Waals surface area contributed by atoms with Gasteiger partial charge in [-0.3, -0.25) is 4.79 Å². The second-order valence-electron chi connectivity index (χ2n) is 6.76. The van der Waals surface area contributed by atoms with Crippen molar-refractivity contribution in [3.8, 4) is 0 Å². The van der Waals surface area contributed by atoms with Gasteiger partial charge in [0.2, 0.25) is 5.91 Å². The highest BCUT2D eigenvalue weighted by Gasteiger charge is 2.52. The third-order valence-corrected chi connectivity index (χ3v) is 8.80. The number of nitrogens with one attached hydrogen (secondary N) is 1. The Morgan fingerprint density at radius 2 is 1.92 bits per heavy atom. The van der Waals surface area contributed by atoms with Gasteiger partial charge in [-0.15, -0.1) is 0 Å². The van der Waals surface area contributed by atoms with Crippen LogP contribution in [0.15, 0.2) is 18.2 Å². The molecule has 3 rings (SSSR count). The molecule has 4 nitrogen and oxygen atoms in total. The van der Waals surface area contributed by atoms with Gasteiger partial charge in [0.25, 0.3) is 0 Å². The monoisotopic (exact) mass is 389 g/mol. The molecule has 132 valence electrons. The summed E-state index contributed by atoms with van der Waals surface area (Å²) < 4.78 is 25.1. The molecule has 2 aliphatic rings. The topological polar surface area (TPSA) is 63.2 Å². The average Bonchev–Trinajstić information content (AvgIpc) is 2.62. The van der Waals surface area contributed by atoms with Crippen LogP contribution in [0.4, 0.5) is 0 Å². The highest BCUT2D eigenvalue weighted by Crippen LogP contribution is 2.46. The van der Waals surface area contributed by atoms with Crippen molar-refractivity contribution in [2.45, 2.75) is 43.3 Å². The zero-order valence-corrected chi connectivity index (χ0v) is 15.7. The molecule has 1 aliphatic heterocycles. The molecule has 1 N–H and O–H groups in total. The molecular weight excluding hydrogens is 369 g/mol. The summed E-state index contributed by atoms with van der Waals surface area (Å²) >= 11 is 12.6. The second kappa shape index (κ2) is 6.85. The summed E-state index contributed by atoms with van der Waals surface area (Å²) in [6.07, 6.45) is 3.64. The van der Waals surface area contributed by atoms with Crippen molar-refractivity contribution in [2.75, 3.05) is 12.3 Å². The van der Waals surface area contributed by atoms with Gasteiger partial charge in [-0.05, 0) is 42.9 Å². The van der Waals surface area contributed by atoms with E-state index in [0.717, 1.165) is 24.8 Å². The van der Waals surface area contributed by atoms with E-state index in [0.29, 0.717) is 22.9 Å². The lowest BCUT2D eigenvalue weighted by molar-refractivity contribution is -0.121. The fourth-order valence-corrected chi connectivity index (χ4v) is 7.00. The Morgan fingerprint density at radius 1 is 1.21 bits per heavy atom. The van der Waals surface area contributed by atoms with Gasteiger partial charge in [0.05, 0.1) is 10.5 Å². The largest absolute Gasteiger partial charge is 0.355 e.